The third-order valence-electron chi connectivity index (χ3n) is 10.5. The minimum Gasteiger partial charge on any atom is -0.497 e. The molecule has 7 aromatic rings. The predicted molar refractivity (Wildman–Crippen MR) is 233 cm³/mol. The first-order valence-electron chi connectivity index (χ1n) is 18.8. The van der Waals surface area contributed by atoms with Gasteiger partial charge in [0, 0.05) is 50.4 Å². The van der Waals surface area contributed by atoms with Gasteiger partial charge in [0.2, 0.25) is 0 Å². The van der Waals surface area contributed by atoms with Crippen molar-refractivity contribution in [2.75, 3.05) is 28.4 Å². The molecule has 0 atom stereocenters. The summed E-state index contributed by atoms with van der Waals surface area (Å²) in [7, 11) is 6.37. The van der Waals surface area contributed by atoms with Crippen LogP contribution in [0.25, 0.3) is 90.9 Å². The molecular formula is C48H37N5O6. The number of nitro groups is 1. The minimum atomic E-state index is -0.453. The maximum absolute atomic E-state index is 12.0. The second-order valence-electron chi connectivity index (χ2n) is 13.8. The van der Waals surface area contributed by atoms with E-state index in [2.05, 4.69) is 28.2 Å². The summed E-state index contributed by atoms with van der Waals surface area (Å²) in [5.41, 5.74) is 12.5. The van der Waals surface area contributed by atoms with E-state index >= 15 is 0 Å². The van der Waals surface area contributed by atoms with Gasteiger partial charge in [-0.15, -0.1) is 0 Å². The zero-order valence-electron chi connectivity index (χ0n) is 32.6. The molecule has 9 rings (SSSR count). The first-order chi connectivity index (χ1) is 28.8. The van der Waals surface area contributed by atoms with Gasteiger partial charge in [-0.1, -0.05) is 36.4 Å². The van der Waals surface area contributed by atoms with Crippen molar-refractivity contribution in [3.8, 4) is 67.5 Å². The zero-order valence-corrected chi connectivity index (χ0v) is 32.6. The summed E-state index contributed by atoms with van der Waals surface area (Å²) in [6, 6.07) is 36.7. The van der Waals surface area contributed by atoms with Gasteiger partial charge in [0.1, 0.15) is 17.2 Å². The monoisotopic (exact) mass is 779 g/mol. The van der Waals surface area contributed by atoms with Crippen molar-refractivity contribution in [1.29, 1.82) is 0 Å². The molecule has 8 bridgehead atoms. The molecule has 0 saturated heterocycles. The number of H-pyrrole nitrogens is 2. The molecule has 11 nitrogen and oxygen atoms in total. The predicted octanol–water partition coefficient (Wildman–Crippen LogP) is 11.3. The Labute approximate surface area is 339 Å². The summed E-state index contributed by atoms with van der Waals surface area (Å²) in [4.78, 5) is 29.6. The molecule has 2 aliphatic heterocycles. The van der Waals surface area contributed by atoms with Crippen LogP contribution >= 0.6 is 0 Å². The Morgan fingerprint density at radius 1 is 0.458 bits per heavy atom. The topological polar surface area (TPSA) is 137 Å². The van der Waals surface area contributed by atoms with Gasteiger partial charge in [-0.25, -0.2) is 9.97 Å². The fourth-order valence-electron chi connectivity index (χ4n) is 7.74. The lowest BCUT2D eigenvalue weighted by Crippen LogP contribution is -1.95. The van der Waals surface area contributed by atoms with E-state index in [4.69, 9.17) is 28.9 Å². The number of hydrogen-bond donors (Lipinski definition) is 2. The molecule has 3 aromatic heterocycles. The minimum absolute atomic E-state index is 0.133. The highest BCUT2D eigenvalue weighted by atomic mass is 16.6. The Morgan fingerprint density at radius 3 is 1.14 bits per heavy atom. The number of aromatic nitrogens is 4. The molecule has 0 amide bonds. The second-order valence-corrected chi connectivity index (χ2v) is 13.8. The standard InChI is InChI=1S/C48H37N5O6/c1-56-32-11-5-8-28(24-32)45-35-15-17-37(49-35)46(29-9-6-12-33(25-29)57-2)39-19-21-41(51-39)48(31-14-23-43(53(54)55)44(27-31)59-4)42-22-20-40(52-42)47(38-18-16-36(45)50-38)30-10-7-13-34(26-30)58-3/h5-27,49,52H,1-4H3. The van der Waals surface area contributed by atoms with Crippen LogP contribution in [0.15, 0.2) is 115 Å². The Morgan fingerprint density at radius 2 is 0.814 bits per heavy atom. The van der Waals surface area contributed by atoms with Crippen molar-refractivity contribution in [1.82, 2.24) is 19.9 Å². The molecule has 2 N–H and O–H groups in total. The number of rotatable bonds is 9. The maximum Gasteiger partial charge on any atom is 0.310 e. The molecular weight excluding hydrogens is 743 g/mol. The summed E-state index contributed by atoms with van der Waals surface area (Å²) in [6.07, 6.45) is 8.01. The van der Waals surface area contributed by atoms with Gasteiger partial charge in [-0.2, -0.15) is 0 Å². The molecule has 0 unspecified atom stereocenters. The molecule has 5 heterocycles. The average molecular weight is 780 g/mol. The molecule has 0 fully saturated rings. The van der Waals surface area contributed by atoms with Crippen LogP contribution < -0.4 is 18.9 Å². The van der Waals surface area contributed by atoms with E-state index in [1.807, 2.05) is 103 Å². The number of fused-ring (bicyclic) bond motifs is 8. The van der Waals surface area contributed by atoms with Gasteiger partial charge < -0.3 is 28.9 Å². The highest BCUT2D eigenvalue weighted by Crippen LogP contribution is 2.41. The van der Waals surface area contributed by atoms with Gasteiger partial charge >= 0.3 is 5.69 Å². The quantitative estimate of drug-likeness (QED) is 0.109. The number of methoxy groups -OCH3 is 4. The first-order valence-corrected chi connectivity index (χ1v) is 18.8. The van der Waals surface area contributed by atoms with Crippen LogP contribution in [0.1, 0.15) is 22.8 Å². The van der Waals surface area contributed by atoms with Crippen molar-refractivity contribution >= 4 is 52.1 Å². The lowest BCUT2D eigenvalue weighted by Gasteiger charge is -2.09. The Bertz CT molecular complexity index is 3010. The molecule has 2 aliphatic rings. The first kappa shape index (κ1) is 36.7. The molecule has 290 valence electrons. The summed E-state index contributed by atoms with van der Waals surface area (Å²) in [5.74, 6) is 2.25. The van der Waals surface area contributed by atoms with E-state index in [-0.39, 0.29) is 11.4 Å². The van der Waals surface area contributed by atoms with Crippen molar-refractivity contribution in [3.05, 3.63) is 148 Å². The molecule has 0 spiro atoms. The highest BCUT2D eigenvalue weighted by molar-refractivity contribution is 6.00. The lowest BCUT2D eigenvalue weighted by molar-refractivity contribution is -0.385. The smallest absolute Gasteiger partial charge is 0.310 e. The number of hydrogen-bond acceptors (Lipinski definition) is 8. The van der Waals surface area contributed by atoms with E-state index in [0.717, 1.165) is 78.1 Å². The van der Waals surface area contributed by atoms with Crippen LogP contribution in [0.4, 0.5) is 5.69 Å². The Hall–Kier alpha value is -7.92. The number of nitro benzene ring substituents is 1. The van der Waals surface area contributed by atoms with Gasteiger partial charge in [-0.05, 0) is 119 Å². The van der Waals surface area contributed by atoms with E-state index in [1.54, 1.807) is 33.5 Å². The van der Waals surface area contributed by atoms with Crippen LogP contribution in [0.3, 0.4) is 0 Å². The summed E-state index contributed by atoms with van der Waals surface area (Å²) >= 11 is 0. The van der Waals surface area contributed by atoms with Gasteiger partial charge in [0.05, 0.1) is 56.1 Å². The number of nitrogens with one attached hydrogen (secondary N) is 2. The zero-order chi connectivity index (χ0) is 40.6. The number of aromatic amines is 2. The van der Waals surface area contributed by atoms with Gasteiger partial charge in [0.25, 0.3) is 0 Å². The molecule has 59 heavy (non-hydrogen) atoms. The molecule has 0 radical (unpaired) electrons. The Balaban J connectivity index is 1.47. The second kappa shape index (κ2) is 15.2. The van der Waals surface area contributed by atoms with E-state index in [1.165, 1.54) is 13.2 Å². The Kier molecular flexibility index (Phi) is 9.46. The SMILES string of the molecule is COc1cccc(-c2c3nc(c(-c4cccc(OC)c4)c4ccc([nH]4)c(-c4ccc([N+](=O)[O-])c(OC)c4)c4nc(c(-c5cccc(OC)c5)c5ccc2[nH]5)C=C4)C=C3)c1. The third kappa shape index (κ3) is 6.74. The van der Waals surface area contributed by atoms with Crippen LogP contribution in [0, 0.1) is 10.1 Å². The van der Waals surface area contributed by atoms with Crippen molar-refractivity contribution in [2.45, 2.75) is 0 Å². The fraction of sp³-hybridized carbons (Fsp3) is 0.0833. The number of nitrogens with zero attached hydrogens (tertiary/aromatic N) is 3. The van der Waals surface area contributed by atoms with Crippen molar-refractivity contribution < 1.29 is 23.9 Å². The average Bonchev–Trinajstić information content (AvgIpc) is 4.12. The van der Waals surface area contributed by atoms with Crippen LogP contribution in [0.2, 0.25) is 0 Å². The lowest BCUT2D eigenvalue weighted by atomic mass is 10.0. The van der Waals surface area contributed by atoms with Crippen LogP contribution in [0.5, 0.6) is 23.0 Å². The molecule has 11 heteroatoms. The normalized spacial score (nSPS) is 11.7. The molecule has 4 aromatic carbocycles. The van der Waals surface area contributed by atoms with Crippen LogP contribution in [-0.2, 0) is 0 Å². The summed E-state index contributed by atoms with van der Waals surface area (Å²) in [6.45, 7) is 0. The number of ether oxygens (including phenoxy) is 4. The largest absolute Gasteiger partial charge is 0.497 e. The third-order valence-corrected chi connectivity index (χ3v) is 10.5. The summed E-state index contributed by atoms with van der Waals surface area (Å²) in [5, 5.41) is 12.0. The van der Waals surface area contributed by atoms with E-state index < -0.39 is 4.92 Å². The van der Waals surface area contributed by atoms with Crippen LogP contribution in [-0.4, -0.2) is 53.3 Å². The van der Waals surface area contributed by atoms with Gasteiger partial charge in [0.15, 0.2) is 5.75 Å². The van der Waals surface area contributed by atoms with E-state index in [9.17, 15) is 10.1 Å². The number of benzene rings is 4. The maximum atomic E-state index is 12.0. The van der Waals surface area contributed by atoms with Crippen molar-refractivity contribution in [3.63, 3.8) is 0 Å². The van der Waals surface area contributed by atoms with E-state index in [0.29, 0.717) is 28.5 Å². The highest BCUT2D eigenvalue weighted by Gasteiger charge is 2.22. The van der Waals surface area contributed by atoms with Gasteiger partial charge in [-0.3, -0.25) is 10.1 Å². The molecule has 0 aliphatic carbocycles. The molecule has 0 saturated carbocycles. The van der Waals surface area contributed by atoms with Crippen molar-refractivity contribution in [2.24, 2.45) is 0 Å². The summed E-state index contributed by atoms with van der Waals surface area (Å²) < 4.78 is 22.6. The fourth-order valence-corrected chi connectivity index (χ4v) is 7.74.